The average molecular weight is 430 g/mol. The van der Waals surface area contributed by atoms with Crippen LogP contribution in [0, 0.1) is 0 Å². The average Bonchev–Trinajstić information content (AvgIpc) is 2.65. The van der Waals surface area contributed by atoms with Crippen molar-refractivity contribution < 1.29 is 32.6 Å². The van der Waals surface area contributed by atoms with Crippen LogP contribution < -0.4 is 0 Å². The van der Waals surface area contributed by atoms with Crippen LogP contribution >= 0.6 is 11.6 Å². The summed E-state index contributed by atoms with van der Waals surface area (Å²) in [6, 6.07) is 10.9. The van der Waals surface area contributed by atoms with E-state index in [0.717, 1.165) is 22.6 Å². The van der Waals surface area contributed by atoms with Crippen molar-refractivity contribution in [2.24, 2.45) is 0 Å². The molecule has 1 N–H and O–H groups in total. The number of carboxylic acid groups (broad SMARTS) is 1. The van der Waals surface area contributed by atoms with Crippen LogP contribution in [0.3, 0.4) is 0 Å². The first-order valence-electron chi connectivity index (χ1n) is 8.61. The first kappa shape index (κ1) is 22.5. The lowest BCUT2D eigenvalue weighted by atomic mass is 10.0. The van der Waals surface area contributed by atoms with Crippen LogP contribution in [0.2, 0.25) is 5.02 Å². The Morgan fingerprint density at radius 1 is 1.14 bits per heavy atom. The van der Waals surface area contributed by atoms with Gasteiger partial charge in [0, 0.05) is 7.05 Å². The molecule has 0 fully saturated rings. The minimum atomic E-state index is -4.57. The second kappa shape index (κ2) is 9.65. The van der Waals surface area contributed by atoms with Gasteiger partial charge >= 0.3 is 18.2 Å². The standard InChI is InChI=1S/C20H19ClF3NO4/c1-25(19(28)29-12-14-5-3-2-4-6-14)17(18(26)27)10-8-13-7-9-15(16(21)11-13)20(22,23)24/h2-7,9,11,17H,8,10,12H2,1H3,(H,26,27). The van der Waals surface area contributed by atoms with Crippen molar-refractivity contribution in [3.8, 4) is 0 Å². The molecule has 1 unspecified atom stereocenters. The van der Waals surface area contributed by atoms with Gasteiger partial charge in [0.2, 0.25) is 0 Å². The van der Waals surface area contributed by atoms with Gasteiger partial charge in [-0.2, -0.15) is 13.2 Å². The Hall–Kier alpha value is -2.74. The monoisotopic (exact) mass is 429 g/mol. The second-order valence-corrected chi connectivity index (χ2v) is 6.76. The molecule has 0 bridgehead atoms. The number of ether oxygens (including phenoxy) is 1. The van der Waals surface area contributed by atoms with Crippen molar-refractivity contribution >= 4 is 23.7 Å². The van der Waals surface area contributed by atoms with Crippen LogP contribution in [0.4, 0.5) is 18.0 Å². The quantitative estimate of drug-likeness (QED) is 0.671. The number of hydrogen-bond acceptors (Lipinski definition) is 3. The lowest BCUT2D eigenvalue weighted by Gasteiger charge is -2.24. The van der Waals surface area contributed by atoms with E-state index in [1.54, 1.807) is 24.3 Å². The molecule has 0 aliphatic carbocycles. The molecule has 9 heteroatoms. The Kier molecular flexibility index (Phi) is 7.50. The number of carbonyl (C=O) groups excluding carboxylic acids is 1. The number of hydrogen-bond donors (Lipinski definition) is 1. The Morgan fingerprint density at radius 3 is 2.34 bits per heavy atom. The molecule has 2 rings (SSSR count). The van der Waals surface area contributed by atoms with E-state index in [-0.39, 0.29) is 19.4 Å². The number of amides is 1. The summed E-state index contributed by atoms with van der Waals surface area (Å²) >= 11 is 5.68. The highest BCUT2D eigenvalue weighted by Crippen LogP contribution is 2.35. The zero-order chi connectivity index (χ0) is 21.6. The van der Waals surface area contributed by atoms with Crippen LogP contribution in [-0.2, 0) is 28.7 Å². The molecule has 0 aromatic heterocycles. The number of carbonyl (C=O) groups is 2. The predicted molar refractivity (Wildman–Crippen MR) is 101 cm³/mol. The Balaban J connectivity index is 1.99. The molecule has 5 nitrogen and oxygen atoms in total. The molecule has 0 saturated heterocycles. The van der Waals surface area contributed by atoms with Crippen LogP contribution in [-0.4, -0.2) is 35.2 Å². The van der Waals surface area contributed by atoms with Gasteiger partial charge in [-0.3, -0.25) is 4.90 Å². The fraction of sp³-hybridized carbons (Fsp3) is 0.300. The van der Waals surface area contributed by atoms with Crippen LogP contribution in [0.15, 0.2) is 48.5 Å². The normalized spacial score (nSPS) is 12.3. The van der Waals surface area contributed by atoms with Gasteiger partial charge in [0.1, 0.15) is 12.6 Å². The molecule has 29 heavy (non-hydrogen) atoms. The van der Waals surface area contributed by atoms with Crippen molar-refractivity contribution in [3.05, 3.63) is 70.2 Å². The highest BCUT2D eigenvalue weighted by molar-refractivity contribution is 6.31. The highest BCUT2D eigenvalue weighted by atomic mass is 35.5. The van der Waals surface area contributed by atoms with E-state index in [9.17, 15) is 27.9 Å². The number of rotatable bonds is 7. The molecule has 156 valence electrons. The fourth-order valence-electron chi connectivity index (χ4n) is 2.68. The first-order valence-corrected chi connectivity index (χ1v) is 8.99. The molecule has 2 aromatic carbocycles. The zero-order valence-electron chi connectivity index (χ0n) is 15.4. The molecule has 2 aromatic rings. The zero-order valence-corrected chi connectivity index (χ0v) is 16.2. The maximum Gasteiger partial charge on any atom is 0.417 e. The summed E-state index contributed by atoms with van der Waals surface area (Å²) in [6.45, 7) is -0.00906. The summed E-state index contributed by atoms with van der Waals surface area (Å²) in [5, 5.41) is 8.98. The summed E-state index contributed by atoms with van der Waals surface area (Å²) in [5.74, 6) is -1.25. The molecular formula is C20H19ClF3NO4. The fourth-order valence-corrected chi connectivity index (χ4v) is 2.99. The van der Waals surface area contributed by atoms with Gasteiger partial charge in [-0.1, -0.05) is 48.0 Å². The van der Waals surface area contributed by atoms with Crippen molar-refractivity contribution in [2.45, 2.75) is 31.7 Å². The summed E-state index contributed by atoms with van der Waals surface area (Å²) in [5.41, 5.74) is 0.222. The summed E-state index contributed by atoms with van der Waals surface area (Å²) in [6.07, 6.45) is -5.28. The number of alkyl halides is 3. The highest BCUT2D eigenvalue weighted by Gasteiger charge is 2.33. The third kappa shape index (κ3) is 6.39. The van der Waals surface area contributed by atoms with Gasteiger partial charge in [-0.25, -0.2) is 9.59 Å². The largest absolute Gasteiger partial charge is 0.480 e. The molecule has 0 radical (unpaired) electrons. The molecule has 1 atom stereocenters. The van der Waals surface area contributed by atoms with E-state index in [0.29, 0.717) is 5.56 Å². The predicted octanol–water partition coefficient (Wildman–Crippen LogP) is 5.01. The van der Waals surface area contributed by atoms with Crippen LogP contribution in [0.25, 0.3) is 0 Å². The molecule has 1 amide bonds. The van der Waals surface area contributed by atoms with E-state index in [2.05, 4.69) is 0 Å². The summed E-state index contributed by atoms with van der Waals surface area (Å²) in [4.78, 5) is 24.7. The van der Waals surface area contributed by atoms with Gasteiger partial charge in [-0.15, -0.1) is 0 Å². The Morgan fingerprint density at radius 2 is 1.79 bits per heavy atom. The number of carboxylic acids is 1. The van der Waals surface area contributed by atoms with E-state index in [1.165, 1.54) is 13.1 Å². The van der Waals surface area contributed by atoms with Gasteiger partial charge in [0.05, 0.1) is 10.6 Å². The van der Waals surface area contributed by atoms with E-state index in [1.807, 2.05) is 6.07 Å². The van der Waals surface area contributed by atoms with E-state index >= 15 is 0 Å². The molecule has 0 aliphatic rings. The molecule has 0 heterocycles. The smallest absolute Gasteiger partial charge is 0.417 e. The molecule has 0 saturated carbocycles. The van der Waals surface area contributed by atoms with Crippen molar-refractivity contribution in [2.75, 3.05) is 7.05 Å². The number of nitrogens with zero attached hydrogens (tertiary/aromatic N) is 1. The lowest BCUT2D eigenvalue weighted by molar-refractivity contribution is -0.142. The maximum absolute atomic E-state index is 12.8. The van der Waals surface area contributed by atoms with Crippen molar-refractivity contribution in [1.29, 1.82) is 0 Å². The number of halogens is 4. The molecule has 0 aliphatic heterocycles. The van der Waals surface area contributed by atoms with Gasteiger partial charge < -0.3 is 9.84 Å². The number of aliphatic carboxylic acids is 1. The number of likely N-dealkylation sites (N-methyl/N-ethyl adjacent to an activating group) is 1. The summed E-state index contributed by atoms with van der Waals surface area (Å²) in [7, 11) is 1.30. The lowest BCUT2D eigenvalue weighted by Crippen LogP contribution is -2.43. The SMILES string of the molecule is CN(C(=O)OCc1ccccc1)C(CCc1ccc(C(F)(F)F)c(Cl)c1)C(=O)O. The van der Waals surface area contributed by atoms with Crippen LogP contribution in [0.1, 0.15) is 23.1 Å². The van der Waals surface area contributed by atoms with Crippen LogP contribution in [0.5, 0.6) is 0 Å². The third-order valence-electron chi connectivity index (χ3n) is 4.29. The minimum Gasteiger partial charge on any atom is -0.480 e. The van der Waals surface area contributed by atoms with Gasteiger partial charge in [0.15, 0.2) is 0 Å². The van der Waals surface area contributed by atoms with E-state index < -0.39 is 34.9 Å². The number of aryl methyl sites for hydroxylation is 1. The van der Waals surface area contributed by atoms with E-state index in [4.69, 9.17) is 16.3 Å². The van der Waals surface area contributed by atoms with Gasteiger partial charge in [-0.05, 0) is 36.1 Å². The maximum atomic E-state index is 12.8. The third-order valence-corrected chi connectivity index (χ3v) is 4.60. The Labute approximate surface area is 170 Å². The molecule has 0 spiro atoms. The molecular weight excluding hydrogens is 411 g/mol. The van der Waals surface area contributed by atoms with Crippen molar-refractivity contribution in [3.63, 3.8) is 0 Å². The second-order valence-electron chi connectivity index (χ2n) is 6.36. The summed E-state index contributed by atoms with van der Waals surface area (Å²) < 4.78 is 43.4. The first-order chi connectivity index (χ1) is 13.6. The van der Waals surface area contributed by atoms with Gasteiger partial charge in [0.25, 0.3) is 0 Å². The topological polar surface area (TPSA) is 66.8 Å². The number of benzene rings is 2. The Bertz CT molecular complexity index is 859. The minimum absolute atomic E-state index is 0.00906. The van der Waals surface area contributed by atoms with Crippen molar-refractivity contribution in [1.82, 2.24) is 4.90 Å².